The minimum atomic E-state index is -3.61. The number of nitrogens with zero attached hydrogens (tertiary/aromatic N) is 2. The molecule has 2 aromatic heterocycles. The number of aryl methyl sites for hydroxylation is 1. The fourth-order valence-corrected chi connectivity index (χ4v) is 4.55. The van der Waals surface area contributed by atoms with E-state index in [-0.39, 0.29) is 18.3 Å². The normalized spacial score (nSPS) is 11.6. The molecule has 0 aliphatic carbocycles. The maximum Gasteiger partial charge on any atom is 0.266 e. The Morgan fingerprint density at radius 3 is 2.48 bits per heavy atom. The first kappa shape index (κ1) is 21.1. The number of nitrogens with one attached hydrogen (secondary N) is 1. The molecule has 29 heavy (non-hydrogen) atoms. The summed E-state index contributed by atoms with van der Waals surface area (Å²) in [5.41, 5.74) is 1.78. The van der Waals surface area contributed by atoms with Gasteiger partial charge in [-0.05, 0) is 30.2 Å². The highest BCUT2D eigenvalue weighted by Gasteiger charge is 2.21. The van der Waals surface area contributed by atoms with Gasteiger partial charge in [0.05, 0.1) is 23.1 Å². The van der Waals surface area contributed by atoms with Crippen LogP contribution in [0.1, 0.15) is 26.6 Å². The number of carbonyl (C=O) groups is 1. The van der Waals surface area contributed by atoms with Gasteiger partial charge in [-0.2, -0.15) is 4.98 Å². The van der Waals surface area contributed by atoms with Crippen LogP contribution in [-0.2, 0) is 27.1 Å². The number of benzene rings is 1. The number of hydrogen-bond donors (Lipinski definition) is 2. The molecule has 0 radical (unpaired) electrons. The molecule has 0 saturated heterocycles. The van der Waals surface area contributed by atoms with E-state index in [1.54, 1.807) is 31.4 Å². The molecule has 0 aliphatic rings. The van der Waals surface area contributed by atoms with Crippen molar-refractivity contribution in [2.24, 2.45) is 5.14 Å². The second kappa shape index (κ2) is 8.41. The predicted molar refractivity (Wildman–Crippen MR) is 111 cm³/mol. The molecule has 1 aromatic carbocycles. The fourth-order valence-electron chi connectivity index (χ4n) is 2.81. The highest BCUT2D eigenvalue weighted by molar-refractivity contribution is 7.88. The maximum atomic E-state index is 12.8. The number of amides is 1. The van der Waals surface area contributed by atoms with Crippen LogP contribution in [0.5, 0.6) is 5.88 Å². The number of thiophene rings is 1. The lowest BCUT2D eigenvalue weighted by atomic mass is 10.2. The van der Waals surface area contributed by atoms with E-state index >= 15 is 0 Å². The van der Waals surface area contributed by atoms with Crippen LogP contribution in [0.2, 0.25) is 0 Å². The topological polar surface area (TPSA) is 134 Å². The third-order valence-electron chi connectivity index (χ3n) is 4.06. The number of carbonyl (C=O) groups excluding carboxylic acids is 1. The molecule has 0 bridgehead atoms. The smallest absolute Gasteiger partial charge is 0.266 e. The van der Waals surface area contributed by atoms with Crippen molar-refractivity contribution in [1.82, 2.24) is 9.97 Å². The lowest BCUT2D eigenvalue weighted by Crippen LogP contribution is -2.14. The highest BCUT2D eigenvalue weighted by atomic mass is 32.2. The summed E-state index contributed by atoms with van der Waals surface area (Å²) in [5, 5.41) is 8.53. The number of fused-ring (bicyclic) bond motifs is 1. The standard InChI is InChI=1S/C18H20N4O5S2/c1-10-14-17(27-3)21-13(8-26-2)22-18(14)28-15(10)16(23)20-12-6-4-11(5-7-12)9-29(19,24)25/h4-7H,8-9H2,1-3H3,(H,20,23)(H2,19,24,25). The SMILES string of the molecule is COCc1nc(OC)c2c(C)c(C(=O)Nc3ccc(CS(N)(=O)=O)cc3)sc2n1. The van der Waals surface area contributed by atoms with Gasteiger partial charge in [0.25, 0.3) is 5.91 Å². The first-order valence-electron chi connectivity index (χ1n) is 8.45. The van der Waals surface area contributed by atoms with Gasteiger partial charge in [0.15, 0.2) is 5.82 Å². The van der Waals surface area contributed by atoms with Gasteiger partial charge in [-0.25, -0.2) is 18.5 Å². The largest absolute Gasteiger partial charge is 0.480 e. The van der Waals surface area contributed by atoms with E-state index in [1.165, 1.54) is 18.4 Å². The Kier molecular flexibility index (Phi) is 6.13. The quantitative estimate of drug-likeness (QED) is 0.580. The van der Waals surface area contributed by atoms with E-state index in [0.717, 1.165) is 0 Å². The maximum absolute atomic E-state index is 12.8. The van der Waals surface area contributed by atoms with Gasteiger partial charge in [0.1, 0.15) is 11.4 Å². The average molecular weight is 437 g/mol. The molecule has 0 spiro atoms. The average Bonchev–Trinajstić information content (AvgIpc) is 2.98. The summed E-state index contributed by atoms with van der Waals surface area (Å²) in [5.74, 6) is 0.289. The molecule has 3 aromatic rings. The van der Waals surface area contributed by atoms with Crippen molar-refractivity contribution in [3.8, 4) is 5.88 Å². The minimum Gasteiger partial charge on any atom is -0.480 e. The van der Waals surface area contributed by atoms with Gasteiger partial charge < -0.3 is 14.8 Å². The van der Waals surface area contributed by atoms with Crippen LogP contribution >= 0.6 is 11.3 Å². The Balaban J connectivity index is 1.88. The molecule has 0 aliphatic heterocycles. The molecule has 0 unspecified atom stereocenters. The van der Waals surface area contributed by atoms with Gasteiger partial charge in [0.2, 0.25) is 15.9 Å². The van der Waals surface area contributed by atoms with Crippen molar-refractivity contribution >= 4 is 43.2 Å². The van der Waals surface area contributed by atoms with E-state index < -0.39 is 10.0 Å². The molecule has 2 heterocycles. The Labute approximate surface area is 171 Å². The summed E-state index contributed by atoms with van der Waals surface area (Å²) in [6, 6.07) is 6.45. The molecular formula is C18H20N4O5S2. The second-order valence-corrected chi connectivity index (χ2v) is 8.89. The molecule has 0 fully saturated rings. The molecule has 3 N–H and O–H groups in total. The van der Waals surface area contributed by atoms with Crippen molar-refractivity contribution in [3.05, 3.63) is 46.1 Å². The summed E-state index contributed by atoms with van der Waals surface area (Å²) in [6.07, 6.45) is 0. The first-order chi connectivity index (χ1) is 13.7. The van der Waals surface area contributed by atoms with Gasteiger partial charge in [-0.15, -0.1) is 11.3 Å². The van der Waals surface area contributed by atoms with Crippen molar-refractivity contribution in [1.29, 1.82) is 0 Å². The van der Waals surface area contributed by atoms with Gasteiger partial charge in [-0.1, -0.05) is 12.1 Å². The van der Waals surface area contributed by atoms with E-state index in [1.807, 2.05) is 6.92 Å². The number of ether oxygens (including phenoxy) is 2. The third-order valence-corrected chi connectivity index (χ3v) is 5.98. The zero-order valence-electron chi connectivity index (χ0n) is 16.1. The van der Waals surface area contributed by atoms with E-state index in [0.29, 0.717) is 43.6 Å². The predicted octanol–water partition coefficient (Wildman–Crippen LogP) is 2.20. The van der Waals surface area contributed by atoms with Gasteiger partial charge in [0, 0.05) is 12.8 Å². The third kappa shape index (κ3) is 4.88. The van der Waals surface area contributed by atoms with Crippen molar-refractivity contribution in [3.63, 3.8) is 0 Å². The number of hydrogen-bond acceptors (Lipinski definition) is 8. The summed E-state index contributed by atoms with van der Waals surface area (Å²) in [4.78, 5) is 22.7. The van der Waals surface area contributed by atoms with Crippen LogP contribution in [-0.4, -0.2) is 38.5 Å². The summed E-state index contributed by atoms with van der Waals surface area (Å²) < 4.78 is 32.8. The van der Waals surface area contributed by atoms with E-state index in [4.69, 9.17) is 14.6 Å². The van der Waals surface area contributed by atoms with Crippen LogP contribution in [0, 0.1) is 6.92 Å². The zero-order valence-corrected chi connectivity index (χ0v) is 17.7. The number of sulfonamides is 1. The monoisotopic (exact) mass is 436 g/mol. The Morgan fingerprint density at radius 2 is 1.90 bits per heavy atom. The first-order valence-corrected chi connectivity index (χ1v) is 11.0. The molecule has 154 valence electrons. The number of nitrogens with two attached hydrogens (primary N) is 1. The Morgan fingerprint density at radius 1 is 1.21 bits per heavy atom. The number of rotatable bonds is 7. The minimum absolute atomic E-state index is 0.232. The Bertz CT molecular complexity index is 1160. The van der Waals surface area contributed by atoms with Crippen molar-refractivity contribution in [2.75, 3.05) is 19.5 Å². The molecule has 0 atom stereocenters. The fraction of sp³-hybridized carbons (Fsp3) is 0.278. The lowest BCUT2D eigenvalue weighted by Gasteiger charge is -2.06. The number of aromatic nitrogens is 2. The van der Waals surface area contributed by atoms with Crippen molar-refractivity contribution < 1.29 is 22.7 Å². The summed E-state index contributed by atoms with van der Waals surface area (Å²) in [7, 11) is -0.550. The van der Waals surface area contributed by atoms with Crippen LogP contribution in [0.15, 0.2) is 24.3 Å². The van der Waals surface area contributed by atoms with Crippen LogP contribution in [0.25, 0.3) is 10.2 Å². The molecule has 9 nitrogen and oxygen atoms in total. The van der Waals surface area contributed by atoms with E-state index in [9.17, 15) is 13.2 Å². The highest BCUT2D eigenvalue weighted by Crippen LogP contribution is 2.35. The molecule has 1 amide bonds. The molecular weight excluding hydrogens is 416 g/mol. The Hall–Kier alpha value is -2.60. The molecule has 0 saturated carbocycles. The van der Waals surface area contributed by atoms with Crippen LogP contribution < -0.4 is 15.2 Å². The van der Waals surface area contributed by atoms with Crippen LogP contribution in [0.3, 0.4) is 0 Å². The van der Waals surface area contributed by atoms with Gasteiger partial charge in [-0.3, -0.25) is 4.79 Å². The second-order valence-electron chi connectivity index (χ2n) is 6.28. The van der Waals surface area contributed by atoms with Gasteiger partial charge >= 0.3 is 0 Å². The molecule has 11 heteroatoms. The number of anilines is 1. The van der Waals surface area contributed by atoms with E-state index in [2.05, 4.69) is 15.3 Å². The molecule has 3 rings (SSSR count). The summed E-state index contributed by atoms with van der Waals surface area (Å²) >= 11 is 1.24. The number of methoxy groups -OCH3 is 2. The zero-order chi connectivity index (χ0) is 21.2. The number of primary sulfonamides is 1. The lowest BCUT2D eigenvalue weighted by molar-refractivity contribution is 0.103. The van der Waals surface area contributed by atoms with Crippen LogP contribution in [0.4, 0.5) is 5.69 Å². The summed E-state index contributed by atoms with van der Waals surface area (Å²) in [6.45, 7) is 2.04. The van der Waals surface area contributed by atoms with Crippen molar-refractivity contribution in [2.45, 2.75) is 19.3 Å².